The molecule has 5 nitrogen and oxygen atoms in total. The lowest BCUT2D eigenvalue weighted by molar-refractivity contribution is 0.0954. The molecule has 0 bridgehead atoms. The summed E-state index contributed by atoms with van der Waals surface area (Å²) in [7, 11) is 0. The summed E-state index contributed by atoms with van der Waals surface area (Å²) in [6.07, 6.45) is 7.20. The van der Waals surface area contributed by atoms with E-state index in [-0.39, 0.29) is 5.91 Å². The second-order valence-corrected chi connectivity index (χ2v) is 7.37. The van der Waals surface area contributed by atoms with Crippen molar-refractivity contribution in [3.8, 4) is 0 Å². The van der Waals surface area contributed by atoms with Gasteiger partial charge in [0.05, 0.1) is 5.69 Å². The highest BCUT2D eigenvalue weighted by molar-refractivity contribution is 7.15. The van der Waals surface area contributed by atoms with Gasteiger partial charge in [-0.25, -0.2) is 4.98 Å². The van der Waals surface area contributed by atoms with Gasteiger partial charge >= 0.3 is 0 Å². The van der Waals surface area contributed by atoms with E-state index in [1.54, 1.807) is 11.3 Å². The van der Waals surface area contributed by atoms with Crippen LogP contribution in [0, 0.1) is 0 Å². The largest absolute Gasteiger partial charge is 0.352 e. The molecule has 0 aliphatic carbocycles. The minimum atomic E-state index is -0.0191. The molecule has 3 aromatic rings. The Labute approximate surface area is 151 Å². The molecular weight excluding hydrogens is 332 g/mol. The van der Waals surface area contributed by atoms with Crippen LogP contribution >= 0.6 is 11.3 Å². The molecule has 1 aromatic carbocycles. The number of aromatic nitrogens is 2. The topological polar surface area (TPSA) is 58.4 Å². The highest BCUT2D eigenvalue weighted by Gasteiger charge is 2.15. The van der Waals surface area contributed by atoms with Crippen LogP contribution < -0.4 is 10.6 Å². The maximum Gasteiger partial charge on any atom is 0.251 e. The number of nitrogens with zero attached hydrogens (tertiary/aromatic N) is 2. The molecule has 4 rings (SSSR count). The Hall–Kier alpha value is -2.18. The molecule has 2 aromatic heterocycles. The van der Waals surface area contributed by atoms with Gasteiger partial charge in [-0.15, -0.1) is 11.3 Å². The molecule has 0 spiro atoms. The summed E-state index contributed by atoms with van der Waals surface area (Å²) in [5.41, 5.74) is 3.05. The van der Waals surface area contributed by atoms with E-state index < -0.39 is 0 Å². The number of nitrogens with one attached hydrogen (secondary N) is 2. The van der Waals surface area contributed by atoms with Crippen molar-refractivity contribution in [2.45, 2.75) is 25.2 Å². The average Bonchev–Trinajstić information content (AvgIpc) is 3.24. The summed E-state index contributed by atoms with van der Waals surface area (Å²) in [5, 5.41) is 8.44. The van der Waals surface area contributed by atoms with Gasteiger partial charge < -0.3 is 10.6 Å². The zero-order valence-electron chi connectivity index (χ0n) is 14.1. The van der Waals surface area contributed by atoms with Gasteiger partial charge in [-0.2, -0.15) is 0 Å². The molecule has 1 amide bonds. The van der Waals surface area contributed by atoms with Gasteiger partial charge in [0, 0.05) is 42.8 Å². The third kappa shape index (κ3) is 3.75. The SMILES string of the molecule is O=C(NCCc1cn2ccsc2n1)c1ccc(C2CCCNC2)cc1. The molecule has 1 saturated heterocycles. The van der Waals surface area contributed by atoms with Crippen molar-refractivity contribution in [1.82, 2.24) is 20.0 Å². The number of piperidine rings is 1. The van der Waals surface area contributed by atoms with Crippen molar-refractivity contribution >= 4 is 22.2 Å². The minimum Gasteiger partial charge on any atom is -0.352 e. The van der Waals surface area contributed by atoms with Crippen LogP contribution in [0.3, 0.4) is 0 Å². The van der Waals surface area contributed by atoms with Gasteiger partial charge in [-0.1, -0.05) is 12.1 Å². The number of hydrogen-bond donors (Lipinski definition) is 2. The third-order valence-corrected chi connectivity index (χ3v) is 5.52. The Morgan fingerprint density at radius 2 is 2.24 bits per heavy atom. The van der Waals surface area contributed by atoms with E-state index in [1.165, 1.54) is 18.4 Å². The first-order chi connectivity index (χ1) is 12.3. The molecule has 0 radical (unpaired) electrons. The molecular formula is C19H22N4OS. The number of thiazole rings is 1. The monoisotopic (exact) mass is 354 g/mol. The fraction of sp³-hybridized carbons (Fsp3) is 0.368. The van der Waals surface area contributed by atoms with Crippen LogP contribution in [0.5, 0.6) is 0 Å². The second-order valence-electron chi connectivity index (χ2n) is 6.50. The second kappa shape index (κ2) is 7.37. The van der Waals surface area contributed by atoms with Crippen LogP contribution in [-0.2, 0) is 6.42 Å². The highest BCUT2D eigenvalue weighted by atomic mass is 32.1. The smallest absolute Gasteiger partial charge is 0.251 e. The lowest BCUT2D eigenvalue weighted by Gasteiger charge is -2.23. The number of rotatable bonds is 5. The lowest BCUT2D eigenvalue weighted by Crippen LogP contribution is -2.28. The number of imidazole rings is 1. The summed E-state index contributed by atoms with van der Waals surface area (Å²) in [5.74, 6) is 0.551. The molecule has 6 heteroatoms. The van der Waals surface area contributed by atoms with E-state index in [9.17, 15) is 4.79 Å². The summed E-state index contributed by atoms with van der Waals surface area (Å²) < 4.78 is 2.01. The summed E-state index contributed by atoms with van der Waals surface area (Å²) in [4.78, 5) is 17.8. The number of carbonyl (C=O) groups excluding carboxylic acids is 1. The van der Waals surface area contributed by atoms with Crippen molar-refractivity contribution in [2.24, 2.45) is 0 Å². The van der Waals surface area contributed by atoms with Crippen LogP contribution in [0.25, 0.3) is 4.96 Å². The van der Waals surface area contributed by atoms with Crippen LogP contribution in [0.15, 0.2) is 42.0 Å². The lowest BCUT2D eigenvalue weighted by atomic mass is 9.91. The predicted octanol–water partition coefficient (Wildman–Crippen LogP) is 2.84. The fourth-order valence-corrected chi connectivity index (χ4v) is 4.06. The van der Waals surface area contributed by atoms with E-state index in [4.69, 9.17) is 0 Å². The average molecular weight is 354 g/mol. The molecule has 3 heterocycles. The molecule has 25 heavy (non-hydrogen) atoms. The van der Waals surface area contributed by atoms with Gasteiger partial charge in [0.2, 0.25) is 0 Å². The molecule has 1 fully saturated rings. The number of benzene rings is 1. The van der Waals surface area contributed by atoms with Gasteiger partial charge in [-0.05, 0) is 43.0 Å². The van der Waals surface area contributed by atoms with Gasteiger partial charge in [0.1, 0.15) is 0 Å². The molecule has 1 unspecified atom stereocenters. The summed E-state index contributed by atoms with van der Waals surface area (Å²) in [6.45, 7) is 2.75. The van der Waals surface area contributed by atoms with E-state index in [0.717, 1.165) is 35.7 Å². The molecule has 1 aliphatic rings. The third-order valence-electron chi connectivity index (χ3n) is 4.75. The van der Waals surface area contributed by atoms with Crippen molar-refractivity contribution in [3.63, 3.8) is 0 Å². The van der Waals surface area contributed by atoms with Crippen LogP contribution in [0.1, 0.15) is 40.4 Å². The normalized spacial score (nSPS) is 17.7. The van der Waals surface area contributed by atoms with Gasteiger partial charge in [0.15, 0.2) is 4.96 Å². The summed E-state index contributed by atoms with van der Waals surface area (Å²) in [6, 6.07) is 8.06. The molecule has 130 valence electrons. The fourth-order valence-electron chi connectivity index (χ4n) is 3.35. The first-order valence-electron chi connectivity index (χ1n) is 8.79. The van der Waals surface area contributed by atoms with Crippen molar-refractivity contribution in [3.05, 3.63) is 58.9 Å². The minimum absolute atomic E-state index is 0.0191. The van der Waals surface area contributed by atoms with E-state index >= 15 is 0 Å². The number of fused-ring (bicyclic) bond motifs is 1. The van der Waals surface area contributed by atoms with E-state index in [2.05, 4.69) is 27.8 Å². The molecule has 2 N–H and O–H groups in total. The van der Waals surface area contributed by atoms with Gasteiger partial charge in [-0.3, -0.25) is 9.20 Å². The van der Waals surface area contributed by atoms with Crippen molar-refractivity contribution in [1.29, 1.82) is 0 Å². The van der Waals surface area contributed by atoms with Crippen molar-refractivity contribution < 1.29 is 4.79 Å². The van der Waals surface area contributed by atoms with Crippen LogP contribution in [0.2, 0.25) is 0 Å². The Bertz CT molecular complexity index is 817. The Morgan fingerprint density at radius 1 is 1.36 bits per heavy atom. The van der Waals surface area contributed by atoms with Crippen LogP contribution in [-0.4, -0.2) is 34.9 Å². The molecule has 1 atom stereocenters. The summed E-state index contributed by atoms with van der Waals surface area (Å²) >= 11 is 1.62. The Morgan fingerprint density at radius 3 is 3.00 bits per heavy atom. The van der Waals surface area contributed by atoms with E-state index in [0.29, 0.717) is 12.5 Å². The number of carbonyl (C=O) groups is 1. The van der Waals surface area contributed by atoms with Gasteiger partial charge in [0.25, 0.3) is 5.91 Å². The molecule has 0 saturated carbocycles. The first kappa shape index (κ1) is 16.3. The quantitative estimate of drug-likeness (QED) is 0.741. The van der Waals surface area contributed by atoms with Crippen LogP contribution in [0.4, 0.5) is 0 Å². The Kier molecular flexibility index (Phi) is 4.81. The number of amides is 1. The zero-order valence-corrected chi connectivity index (χ0v) is 14.9. The Balaban J connectivity index is 1.30. The van der Waals surface area contributed by atoms with Crippen molar-refractivity contribution in [2.75, 3.05) is 19.6 Å². The first-order valence-corrected chi connectivity index (χ1v) is 9.67. The zero-order chi connectivity index (χ0) is 17.1. The highest BCUT2D eigenvalue weighted by Crippen LogP contribution is 2.23. The maximum atomic E-state index is 12.3. The maximum absolute atomic E-state index is 12.3. The van der Waals surface area contributed by atoms with E-state index in [1.807, 2.05) is 34.3 Å². The standard InChI is InChI=1S/C19H22N4OS/c24-18(21-9-7-17-13-23-10-11-25-19(23)22-17)15-5-3-14(4-6-15)16-2-1-8-20-12-16/h3-6,10-11,13,16,20H,1-2,7-9,12H2,(H,21,24). The molecule has 1 aliphatic heterocycles. The number of hydrogen-bond acceptors (Lipinski definition) is 4. The predicted molar refractivity (Wildman–Crippen MR) is 100 cm³/mol.